The molecule has 0 amide bonds. The quantitative estimate of drug-likeness (QED) is 0.174. The maximum Gasteiger partial charge on any atom is 0.149 e. The number of aromatic hydroxyl groups is 1. The van der Waals surface area contributed by atoms with E-state index in [1.165, 1.54) is 18.3 Å². The van der Waals surface area contributed by atoms with Crippen LogP contribution in [0.1, 0.15) is 106 Å². The first-order valence-electron chi connectivity index (χ1n) is 29.5. The highest BCUT2D eigenvalue weighted by molar-refractivity contribution is 5.98. The molecule has 0 saturated carbocycles. The normalized spacial score (nSPS) is 16.6. The van der Waals surface area contributed by atoms with Gasteiger partial charge in [0, 0.05) is 39.3 Å². The van der Waals surface area contributed by atoms with Gasteiger partial charge in [0.1, 0.15) is 11.6 Å². The summed E-state index contributed by atoms with van der Waals surface area (Å²) in [5.41, 5.74) is 3.08. The van der Waals surface area contributed by atoms with Crippen LogP contribution in [0, 0.1) is 6.85 Å². The van der Waals surface area contributed by atoms with E-state index in [9.17, 15) is 5.11 Å². The molecular weight excluding hydrogens is 791 g/mol. The second-order valence-corrected chi connectivity index (χ2v) is 18.5. The summed E-state index contributed by atoms with van der Waals surface area (Å²) in [6, 6.07) is 38.5. The Morgan fingerprint density at radius 2 is 1.18 bits per heavy atom. The van der Waals surface area contributed by atoms with E-state index in [0.717, 1.165) is 16.7 Å². The summed E-state index contributed by atoms with van der Waals surface area (Å²) in [5.74, 6) is 0.324. The molecule has 0 fully saturated rings. The van der Waals surface area contributed by atoms with Crippen molar-refractivity contribution in [1.29, 1.82) is 0 Å². The molecule has 2 aromatic heterocycles. The zero-order valence-electron chi connectivity index (χ0n) is 53.1. The Balaban J connectivity index is 1.30. The number of fused-ring (bicyclic) bond motifs is 1. The molecule has 0 aliphatic rings. The Morgan fingerprint density at radius 1 is 0.508 bits per heavy atom. The molecule has 0 bridgehead atoms. The third kappa shape index (κ3) is 8.54. The molecule has 65 heavy (non-hydrogen) atoms. The average Bonchev–Trinajstić information content (AvgIpc) is 3.85. The Kier molecular flexibility index (Phi) is 7.11. The fourth-order valence-electron chi connectivity index (χ4n) is 8.18. The molecule has 0 aliphatic heterocycles. The predicted molar refractivity (Wildman–Crippen MR) is 274 cm³/mol. The number of hydrogen-bond donors (Lipinski definition) is 1. The van der Waals surface area contributed by atoms with E-state index in [-0.39, 0.29) is 27.9 Å². The van der Waals surface area contributed by atoms with Gasteiger partial charge < -0.3 is 5.11 Å². The second kappa shape index (κ2) is 16.5. The molecule has 0 saturated heterocycles. The monoisotopic (exact) mass is 866 g/mol. The predicted octanol–water partition coefficient (Wildman–Crippen LogP) is 16.3. The number of aromatic nitrogens is 3. The molecule has 0 spiro atoms. The molecule has 4 nitrogen and oxygen atoms in total. The highest BCUT2D eigenvalue weighted by Crippen LogP contribution is 2.43. The van der Waals surface area contributed by atoms with Crippen molar-refractivity contribution in [1.82, 2.24) is 14.5 Å². The summed E-state index contributed by atoms with van der Waals surface area (Å²) in [4.78, 5) is 10.1. The first kappa shape index (κ1) is 28.0. The molecule has 2 heterocycles. The summed E-state index contributed by atoms with van der Waals surface area (Å²) < 4.78 is 139. The lowest BCUT2D eigenvalue weighted by Crippen LogP contribution is -2.11. The van der Waals surface area contributed by atoms with Gasteiger partial charge in [-0.25, -0.2) is 4.98 Å². The molecule has 1 N–H and O–H groups in total. The molecule has 7 aromatic carbocycles. The van der Waals surface area contributed by atoms with E-state index in [2.05, 4.69) is 20.8 Å². The molecule has 0 radical (unpaired) electrons. The van der Waals surface area contributed by atoms with Crippen LogP contribution in [0.5, 0.6) is 5.75 Å². The van der Waals surface area contributed by atoms with Gasteiger partial charge in [-0.1, -0.05) is 171 Å². The molecule has 0 aliphatic carbocycles. The number of phenols is 1. The van der Waals surface area contributed by atoms with Gasteiger partial charge in [-0.3, -0.25) is 9.55 Å². The third-order valence-electron chi connectivity index (χ3n) is 11.8. The number of rotatable bonds is 7. The van der Waals surface area contributed by atoms with Gasteiger partial charge in [-0.05, 0) is 133 Å². The first-order chi connectivity index (χ1) is 37.6. The van der Waals surface area contributed by atoms with Crippen LogP contribution in [0.15, 0.2) is 170 Å². The summed E-state index contributed by atoms with van der Waals surface area (Å²) in [7, 11) is 0. The Labute approximate surface area is 407 Å². The molecule has 0 unspecified atom stereocenters. The molecule has 4 heteroatoms. The van der Waals surface area contributed by atoms with E-state index < -0.39 is 68.0 Å². The lowest BCUT2D eigenvalue weighted by atomic mass is 9.83. The second-order valence-electron chi connectivity index (χ2n) is 18.5. The number of aryl methyl sites for hydroxylation is 1. The van der Waals surface area contributed by atoms with Gasteiger partial charge in [-0.15, -0.1) is 0 Å². The Hall–Kier alpha value is -7.04. The number of phenolic OH excluding ortho intramolecular Hbond substituents is 1. The van der Waals surface area contributed by atoms with E-state index in [0.29, 0.717) is 67.2 Å². The van der Waals surface area contributed by atoms with Crippen molar-refractivity contribution in [3.05, 3.63) is 192 Å². The first-order valence-corrected chi connectivity index (χ1v) is 21.5. The zero-order valence-corrected chi connectivity index (χ0v) is 37.1. The maximum absolute atomic E-state index is 11.7. The van der Waals surface area contributed by atoms with Gasteiger partial charge in [0.25, 0.3) is 0 Å². The molecule has 9 rings (SSSR count). The third-order valence-corrected chi connectivity index (χ3v) is 11.8. The molecule has 0 atom stereocenters. The van der Waals surface area contributed by atoms with Gasteiger partial charge in [0.05, 0.1) is 33.5 Å². The SMILES string of the molecule is [2H]c1c([2H])c(C(C([2H])([2H])[2H])(C([2H])([2H])[2H])C([2H])([2H])[2H])c([2H])c([2H])c1-c1ccnc(-c2cc(-c3cccc4c3nc(-c3ccccc3O)n4-c3cc(-c4ccccc4)c(C([2H])([2H])[2H])cc3-c3ccc(C(C)(C)C)cc3)cc(C(C)(C)C)c2)c1. The van der Waals surface area contributed by atoms with E-state index in [1.807, 2.05) is 122 Å². The van der Waals surface area contributed by atoms with Crippen LogP contribution in [0.3, 0.4) is 0 Å². The molecule has 9 aromatic rings. The summed E-state index contributed by atoms with van der Waals surface area (Å²) in [6.45, 7) is -1.53. The average molecular weight is 866 g/mol. The van der Waals surface area contributed by atoms with Crippen molar-refractivity contribution in [2.45, 2.75) is 85.2 Å². The van der Waals surface area contributed by atoms with Crippen LogP contribution in [0.2, 0.25) is 0 Å². The highest BCUT2D eigenvalue weighted by Gasteiger charge is 2.25. The number of nitrogens with zero attached hydrogens (tertiary/aromatic N) is 3. The summed E-state index contributed by atoms with van der Waals surface area (Å²) >= 11 is 0. The minimum atomic E-state index is -3.83. The molecule has 324 valence electrons. The number of benzene rings is 7. The van der Waals surface area contributed by atoms with Gasteiger partial charge in [-0.2, -0.15) is 0 Å². The minimum Gasteiger partial charge on any atom is -0.507 e. The number of hydrogen-bond acceptors (Lipinski definition) is 3. The van der Waals surface area contributed by atoms with Gasteiger partial charge in [0.2, 0.25) is 0 Å². The van der Waals surface area contributed by atoms with Crippen LogP contribution >= 0.6 is 0 Å². The largest absolute Gasteiger partial charge is 0.507 e. The van der Waals surface area contributed by atoms with Crippen LogP contribution < -0.4 is 0 Å². The lowest BCUT2D eigenvalue weighted by Gasteiger charge is -2.22. The van der Waals surface area contributed by atoms with Crippen molar-refractivity contribution in [3.63, 3.8) is 0 Å². The van der Waals surface area contributed by atoms with Crippen molar-refractivity contribution in [2.75, 3.05) is 0 Å². The topological polar surface area (TPSA) is 50.9 Å². The van der Waals surface area contributed by atoms with Gasteiger partial charge >= 0.3 is 0 Å². The van der Waals surface area contributed by atoms with E-state index >= 15 is 0 Å². The fourth-order valence-corrected chi connectivity index (χ4v) is 8.18. The van der Waals surface area contributed by atoms with E-state index in [4.69, 9.17) is 31.9 Å². The van der Waals surface area contributed by atoms with Gasteiger partial charge in [0.15, 0.2) is 0 Å². The van der Waals surface area contributed by atoms with Crippen molar-refractivity contribution >= 4 is 11.0 Å². The van der Waals surface area contributed by atoms with Crippen LogP contribution in [-0.4, -0.2) is 19.6 Å². The van der Waals surface area contributed by atoms with Crippen molar-refractivity contribution < 1.29 is 27.0 Å². The lowest BCUT2D eigenvalue weighted by molar-refractivity contribution is 0.477. The highest BCUT2D eigenvalue weighted by atomic mass is 16.3. The van der Waals surface area contributed by atoms with Crippen LogP contribution in [0.25, 0.3) is 83.9 Å². The summed E-state index contributed by atoms with van der Waals surface area (Å²) in [6.07, 6.45) is 1.40. The Morgan fingerprint density at radius 3 is 1.88 bits per heavy atom. The Bertz CT molecular complexity index is 3830. The van der Waals surface area contributed by atoms with Crippen molar-refractivity contribution in [3.8, 4) is 78.6 Å². The van der Waals surface area contributed by atoms with E-state index in [1.54, 1.807) is 30.3 Å². The fraction of sp³-hybridized carbons (Fsp3) is 0.213. The number of para-hydroxylation sites is 2. The summed E-state index contributed by atoms with van der Waals surface area (Å²) in [5, 5.41) is 11.7. The standard InChI is InChI=1S/C61H59N3O/c1-39-33-52(42-25-29-47(30-26-42)60(5,6)7)55(38-51(39)41-17-12-11-13-18-41)64-54-21-16-20-49(57(54)63-58(64)50-19-14-15-22-56(50)65)44-34-45(36-48(35-44)61(8,9)10)53-37-43(31-32-62-53)40-23-27-46(28-24-40)59(2,3)4/h11-38,65H,1-10H3/i1D3,2D3,3D3,4D3,23D,24D,27D,28D. The number of imidazole rings is 1. The molecular formula is C61H59N3O. The smallest absolute Gasteiger partial charge is 0.149 e. The minimum absolute atomic E-state index is 0.0420. The zero-order chi connectivity index (χ0) is 59.3. The maximum atomic E-state index is 11.7. The van der Waals surface area contributed by atoms with Crippen molar-refractivity contribution in [2.24, 2.45) is 0 Å². The van der Waals surface area contributed by atoms with Crippen LogP contribution in [-0.2, 0) is 16.2 Å². The van der Waals surface area contributed by atoms with Crippen LogP contribution in [0.4, 0.5) is 0 Å². The number of pyridine rings is 1.